The maximum atomic E-state index is 6.15. The zero-order valence-electron chi connectivity index (χ0n) is 10.3. The molecule has 15 heavy (non-hydrogen) atoms. The van der Waals surface area contributed by atoms with Crippen LogP contribution in [-0.4, -0.2) is 54.6 Å². The minimum absolute atomic E-state index is 0.389. The maximum absolute atomic E-state index is 6.15. The van der Waals surface area contributed by atoms with E-state index in [1.54, 1.807) is 0 Å². The van der Waals surface area contributed by atoms with Crippen molar-refractivity contribution in [3.63, 3.8) is 0 Å². The zero-order valence-corrected chi connectivity index (χ0v) is 10.3. The van der Waals surface area contributed by atoms with E-state index in [1.807, 2.05) is 0 Å². The monoisotopic (exact) mass is 211 g/mol. The molecule has 2 heterocycles. The van der Waals surface area contributed by atoms with Crippen molar-refractivity contribution in [2.75, 3.05) is 26.7 Å². The molecule has 0 amide bonds. The van der Waals surface area contributed by atoms with Gasteiger partial charge in [0.1, 0.15) is 0 Å². The predicted molar refractivity (Wildman–Crippen MR) is 63.8 cm³/mol. The Balaban J connectivity index is 1.90. The van der Waals surface area contributed by atoms with Crippen LogP contribution in [-0.2, 0) is 0 Å². The number of nitrogens with zero attached hydrogens (tertiary/aromatic N) is 2. The van der Waals surface area contributed by atoms with E-state index in [4.69, 9.17) is 5.73 Å². The number of rotatable bonds is 1. The lowest BCUT2D eigenvalue weighted by Gasteiger charge is -2.38. The number of nitrogens with two attached hydrogens (primary N) is 1. The molecule has 0 saturated carbocycles. The van der Waals surface area contributed by atoms with E-state index in [0.29, 0.717) is 12.0 Å². The smallest absolute Gasteiger partial charge is 0.0238 e. The summed E-state index contributed by atoms with van der Waals surface area (Å²) in [4.78, 5) is 5.08. The Morgan fingerprint density at radius 1 is 1.20 bits per heavy atom. The first kappa shape index (κ1) is 11.4. The van der Waals surface area contributed by atoms with Crippen LogP contribution in [0.15, 0.2) is 0 Å². The molecule has 4 unspecified atom stereocenters. The normalized spacial score (nSPS) is 44.8. The van der Waals surface area contributed by atoms with Gasteiger partial charge in [-0.2, -0.15) is 0 Å². The number of likely N-dealkylation sites (tertiary alicyclic amines) is 2. The summed E-state index contributed by atoms with van der Waals surface area (Å²) in [5.41, 5.74) is 6.15. The summed E-state index contributed by atoms with van der Waals surface area (Å²) in [7, 11) is 2.23. The van der Waals surface area contributed by atoms with Crippen molar-refractivity contribution in [3.8, 4) is 0 Å². The third-order valence-corrected chi connectivity index (χ3v) is 4.43. The van der Waals surface area contributed by atoms with Crippen LogP contribution in [0.4, 0.5) is 0 Å². The molecular weight excluding hydrogens is 186 g/mol. The highest BCUT2D eigenvalue weighted by Gasteiger charge is 2.34. The van der Waals surface area contributed by atoms with Crippen molar-refractivity contribution in [1.29, 1.82) is 0 Å². The summed E-state index contributed by atoms with van der Waals surface area (Å²) in [5.74, 6) is 0.706. The SMILES string of the molecule is CC1CCN(C2CC(C)N(C)C2)CC1N. The fourth-order valence-electron chi connectivity index (χ4n) is 2.88. The molecule has 4 atom stereocenters. The van der Waals surface area contributed by atoms with Gasteiger partial charge < -0.3 is 10.6 Å². The summed E-state index contributed by atoms with van der Waals surface area (Å²) in [5, 5.41) is 0. The lowest BCUT2D eigenvalue weighted by atomic mass is 9.93. The van der Waals surface area contributed by atoms with Crippen LogP contribution in [0.3, 0.4) is 0 Å². The Labute approximate surface area is 93.6 Å². The quantitative estimate of drug-likeness (QED) is 0.694. The minimum atomic E-state index is 0.389. The Kier molecular flexibility index (Phi) is 3.33. The number of likely N-dealkylation sites (N-methyl/N-ethyl adjacent to an activating group) is 1. The molecule has 3 heteroatoms. The van der Waals surface area contributed by atoms with Gasteiger partial charge in [0.15, 0.2) is 0 Å². The molecule has 2 saturated heterocycles. The molecule has 0 aromatic heterocycles. The summed E-state index contributed by atoms with van der Waals surface area (Å²) >= 11 is 0. The molecule has 2 N–H and O–H groups in total. The molecule has 88 valence electrons. The van der Waals surface area contributed by atoms with Crippen molar-refractivity contribution < 1.29 is 0 Å². The molecule has 2 aliphatic heterocycles. The maximum Gasteiger partial charge on any atom is 0.0238 e. The molecule has 0 radical (unpaired) electrons. The molecule has 0 aromatic rings. The Morgan fingerprint density at radius 3 is 2.47 bits per heavy atom. The molecule has 3 nitrogen and oxygen atoms in total. The molecule has 0 spiro atoms. The van der Waals surface area contributed by atoms with Gasteiger partial charge in [0.05, 0.1) is 0 Å². The highest BCUT2D eigenvalue weighted by Crippen LogP contribution is 2.24. The van der Waals surface area contributed by atoms with Crippen LogP contribution in [0.25, 0.3) is 0 Å². The van der Waals surface area contributed by atoms with Gasteiger partial charge in [0.2, 0.25) is 0 Å². The van der Waals surface area contributed by atoms with Crippen LogP contribution in [0.5, 0.6) is 0 Å². The fourth-order valence-corrected chi connectivity index (χ4v) is 2.88. The van der Waals surface area contributed by atoms with Gasteiger partial charge in [-0.1, -0.05) is 6.92 Å². The first-order chi connectivity index (χ1) is 7.08. The van der Waals surface area contributed by atoms with Crippen molar-refractivity contribution in [3.05, 3.63) is 0 Å². The van der Waals surface area contributed by atoms with Crippen LogP contribution in [0.2, 0.25) is 0 Å². The van der Waals surface area contributed by atoms with Crippen LogP contribution < -0.4 is 5.73 Å². The van der Waals surface area contributed by atoms with Gasteiger partial charge in [-0.3, -0.25) is 4.90 Å². The second-order valence-electron chi connectivity index (χ2n) is 5.60. The van der Waals surface area contributed by atoms with Crippen molar-refractivity contribution in [1.82, 2.24) is 9.80 Å². The van der Waals surface area contributed by atoms with Gasteiger partial charge in [0.25, 0.3) is 0 Å². The van der Waals surface area contributed by atoms with Gasteiger partial charge in [0, 0.05) is 31.2 Å². The highest BCUT2D eigenvalue weighted by molar-refractivity contribution is 4.91. The first-order valence-electron chi connectivity index (χ1n) is 6.27. The summed E-state index contributed by atoms with van der Waals surface area (Å²) in [6, 6.07) is 1.88. The van der Waals surface area contributed by atoms with Gasteiger partial charge in [-0.25, -0.2) is 0 Å². The van der Waals surface area contributed by atoms with Gasteiger partial charge in [-0.15, -0.1) is 0 Å². The van der Waals surface area contributed by atoms with E-state index >= 15 is 0 Å². The lowest BCUT2D eigenvalue weighted by Crippen LogP contribution is -2.51. The molecule has 0 aliphatic carbocycles. The first-order valence-corrected chi connectivity index (χ1v) is 6.27. The topological polar surface area (TPSA) is 32.5 Å². The minimum Gasteiger partial charge on any atom is -0.326 e. The molecule has 2 aliphatic rings. The zero-order chi connectivity index (χ0) is 11.0. The van der Waals surface area contributed by atoms with Crippen molar-refractivity contribution in [2.24, 2.45) is 11.7 Å². The van der Waals surface area contributed by atoms with Crippen LogP contribution in [0.1, 0.15) is 26.7 Å². The molecule has 2 rings (SSSR count). The summed E-state index contributed by atoms with van der Waals surface area (Å²) in [6.45, 7) is 8.19. The Bertz CT molecular complexity index is 209. The molecule has 0 aromatic carbocycles. The lowest BCUT2D eigenvalue weighted by molar-refractivity contribution is 0.123. The van der Waals surface area contributed by atoms with Crippen molar-refractivity contribution in [2.45, 2.75) is 44.8 Å². The third kappa shape index (κ3) is 2.35. The Morgan fingerprint density at radius 2 is 1.93 bits per heavy atom. The summed E-state index contributed by atoms with van der Waals surface area (Å²) in [6.07, 6.45) is 2.59. The summed E-state index contributed by atoms with van der Waals surface area (Å²) < 4.78 is 0. The van der Waals surface area contributed by atoms with Crippen LogP contribution >= 0.6 is 0 Å². The molecule has 2 fully saturated rings. The standard InChI is InChI=1S/C12H25N3/c1-9-4-5-15(8-12(9)13)11-6-10(2)14(3)7-11/h9-12H,4-8,13H2,1-3H3. The van der Waals surface area contributed by atoms with Crippen LogP contribution in [0, 0.1) is 5.92 Å². The van der Waals surface area contributed by atoms with E-state index in [9.17, 15) is 0 Å². The molecular formula is C12H25N3. The third-order valence-electron chi connectivity index (χ3n) is 4.43. The number of hydrogen-bond acceptors (Lipinski definition) is 3. The van der Waals surface area contributed by atoms with Crippen molar-refractivity contribution >= 4 is 0 Å². The second kappa shape index (κ2) is 4.40. The number of hydrogen-bond donors (Lipinski definition) is 1. The average Bonchev–Trinajstić information content (AvgIpc) is 2.52. The van der Waals surface area contributed by atoms with E-state index < -0.39 is 0 Å². The van der Waals surface area contributed by atoms with E-state index in [-0.39, 0.29) is 0 Å². The Hall–Kier alpha value is -0.120. The highest BCUT2D eigenvalue weighted by atomic mass is 15.3. The number of piperidine rings is 1. The predicted octanol–water partition coefficient (Wildman–Crippen LogP) is 0.748. The van der Waals surface area contributed by atoms with E-state index in [0.717, 1.165) is 18.6 Å². The second-order valence-corrected chi connectivity index (χ2v) is 5.60. The van der Waals surface area contributed by atoms with Gasteiger partial charge in [-0.05, 0) is 39.3 Å². The van der Waals surface area contributed by atoms with E-state index in [1.165, 1.54) is 25.9 Å². The fraction of sp³-hybridized carbons (Fsp3) is 1.00. The largest absolute Gasteiger partial charge is 0.326 e. The average molecular weight is 211 g/mol. The van der Waals surface area contributed by atoms with Gasteiger partial charge >= 0.3 is 0 Å². The van der Waals surface area contributed by atoms with E-state index in [2.05, 4.69) is 30.7 Å². The molecule has 0 bridgehead atoms.